The lowest BCUT2D eigenvalue weighted by molar-refractivity contribution is -0.223. The monoisotopic (exact) mass is 544 g/mol. The summed E-state index contributed by atoms with van der Waals surface area (Å²) in [6.45, 7) is 11.6. The number of rotatable bonds is 5. The summed E-state index contributed by atoms with van der Waals surface area (Å²) in [5.41, 5.74) is -1.22. The van der Waals surface area contributed by atoms with Gasteiger partial charge in [0.1, 0.15) is 11.5 Å². The molecule has 3 rings (SSSR count). The van der Waals surface area contributed by atoms with Crippen molar-refractivity contribution in [3.05, 3.63) is 27.8 Å². The fourth-order valence-electron chi connectivity index (χ4n) is 3.84. The molecule has 1 N–H and O–H groups in total. The maximum absolute atomic E-state index is 13.5. The number of ether oxygens (including phenoxy) is 1. The van der Waals surface area contributed by atoms with E-state index in [1.165, 1.54) is 19.2 Å². The number of fused-ring (bicyclic) bond motifs is 1. The van der Waals surface area contributed by atoms with E-state index in [9.17, 15) is 24.0 Å². The van der Waals surface area contributed by atoms with Crippen molar-refractivity contribution < 1.29 is 33.5 Å². The van der Waals surface area contributed by atoms with Crippen LogP contribution in [-0.4, -0.2) is 63.1 Å². The van der Waals surface area contributed by atoms with Crippen LogP contribution >= 0.6 is 11.3 Å². The number of nitrogens with one attached hydrogen (secondary N) is 1. The number of carbonyl (C=O) groups is 4. The number of allylic oxidation sites excluding steroid dienone is 1. The van der Waals surface area contributed by atoms with Gasteiger partial charge in [0.15, 0.2) is 22.9 Å². The molecule has 0 spiro atoms. The van der Waals surface area contributed by atoms with Gasteiger partial charge < -0.3 is 10.1 Å². The molecule has 38 heavy (non-hydrogen) atoms. The van der Waals surface area contributed by atoms with Crippen LogP contribution in [0.15, 0.2) is 22.2 Å². The highest BCUT2D eigenvalue weighted by Crippen LogP contribution is 2.33. The third kappa shape index (κ3) is 7.09. The van der Waals surface area contributed by atoms with Gasteiger partial charge in [0, 0.05) is 18.7 Å². The summed E-state index contributed by atoms with van der Waals surface area (Å²) in [7, 11) is 0. The standard InChI is InChI=1S/C26H32N4O7S/c1-14(32)28-23-29-18-10-8-9-17(20(34)21(18)38-23)19(33)15-11-16(13-31)22(27-12-15)30(37-26(5,6)7)24(35)36-25(2,3)4/h11-12,17,22H,8-10H2,1-7H3,(H,28,29,32). The summed E-state index contributed by atoms with van der Waals surface area (Å²) < 4.78 is 5.43. The number of hydrogen-bond acceptors (Lipinski definition) is 10. The maximum atomic E-state index is 13.5. The highest BCUT2D eigenvalue weighted by molar-refractivity contribution is 7.17. The summed E-state index contributed by atoms with van der Waals surface area (Å²) in [6.07, 6.45) is 1.71. The number of anilines is 1. The molecule has 11 nitrogen and oxygen atoms in total. The Kier molecular flexibility index (Phi) is 8.50. The molecule has 1 aromatic rings. The van der Waals surface area contributed by atoms with Crippen LogP contribution in [-0.2, 0) is 30.4 Å². The van der Waals surface area contributed by atoms with Gasteiger partial charge in [0.2, 0.25) is 5.91 Å². The second kappa shape index (κ2) is 11.1. The third-order valence-corrected chi connectivity index (χ3v) is 6.29. The Labute approximate surface area is 224 Å². The molecule has 0 radical (unpaired) electrons. The minimum atomic E-state index is -1.24. The van der Waals surface area contributed by atoms with Crippen LogP contribution in [0.25, 0.3) is 0 Å². The second-order valence-electron chi connectivity index (χ2n) is 11.0. The number of carbonyl (C=O) groups excluding carboxylic acids is 5. The fourth-order valence-corrected chi connectivity index (χ4v) is 4.89. The van der Waals surface area contributed by atoms with E-state index < -0.39 is 40.9 Å². The Balaban J connectivity index is 1.88. The van der Waals surface area contributed by atoms with Crippen LogP contribution in [0.5, 0.6) is 0 Å². The average molecular weight is 545 g/mol. The Morgan fingerprint density at radius 3 is 2.42 bits per heavy atom. The van der Waals surface area contributed by atoms with Crippen LogP contribution in [0.3, 0.4) is 0 Å². The molecular formula is C26H32N4O7S. The average Bonchev–Trinajstić information content (AvgIpc) is 3.12. The molecule has 1 aliphatic carbocycles. The SMILES string of the molecule is CC(=O)Nc1nc2c(s1)C(=O)C(C(=O)C1=CC(=C=O)C(N(OC(C)(C)C)C(=O)OC(C)(C)C)N=C1)CCC2. The van der Waals surface area contributed by atoms with Crippen molar-refractivity contribution in [1.29, 1.82) is 0 Å². The topological polar surface area (TPSA) is 144 Å². The summed E-state index contributed by atoms with van der Waals surface area (Å²) in [5.74, 6) is -0.463. The van der Waals surface area contributed by atoms with Crippen molar-refractivity contribution in [2.75, 3.05) is 5.32 Å². The summed E-state index contributed by atoms with van der Waals surface area (Å²) in [5, 5.41) is 3.73. The Morgan fingerprint density at radius 1 is 1.16 bits per heavy atom. The molecule has 12 heteroatoms. The number of Topliss-reactive ketones (excluding diaryl/α,β-unsaturated/α-hetero) is 2. The van der Waals surface area contributed by atoms with E-state index in [2.05, 4.69) is 15.3 Å². The first kappa shape index (κ1) is 29.1. The van der Waals surface area contributed by atoms with Gasteiger partial charge in [-0.2, -0.15) is 5.06 Å². The van der Waals surface area contributed by atoms with Gasteiger partial charge in [-0.05, 0) is 66.9 Å². The van der Waals surface area contributed by atoms with Crippen LogP contribution in [0, 0.1) is 5.92 Å². The van der Waals surface area contributed by atoms with Crippen LogP contribution < -0.4 is 5.32 Å². The Bertz CT molecular complexity index is 1260. The minimum absolute atomic E-state index is 0.0351. The third-order valence-electron chi connectivity index (χ3n) is 5.26. The molecule has 2 aliphatic rings. The fraction of sp³-hybridized carbons (Fsp3) is 0.538. The van der Waals surface area contributed by atoms with Gasteiger partial charge in [-0.25, -0.2) is 14.6 Å². The van der Waals surface area contributed by atoms with E-state index in [4.69, 9.17) is 9.57 Å². The molecule has 2 atom stereocenters. The molecule has 2 unspecified atom stereocenters. The van der Waals surface area contributed by atoms with Gasteiger partial charge in [0.25, 0.3) is 0 Å². The predicted octanol–water partition coefficient (Wildman–Crippen LogP) is 3.87. The van der Waals surface area contributed by atoms with Gasteiger partial charge >= 0.3 is 6.09 Å². The van der Waals surface area contributed by atoms with E-state index in [0.29, 0.717) is 35.0 Å². The first-order valence-electron chi connectivity index (χ1n) is 12.2. The zero-order chi connectivity index (χ0) is 28.4. The number of aliphatic imine (C=N–C) groups is 1. The molecule has 0 saturated carbocycles. The molecule has 1 aromatic heterocycles. The smallest absolute Gasteiger partial charge is 0.436 e. The molecule has 0 bridgehead atoms. The summed E-state index contributed by atoms with van der Waals surface area (Å²) >= 11 is 1.04. The lowest BCUT2D eigenvalue weighted by Gasteiger charge is -2.35. The van der Waals surface area contributed by atoms with Crippen molar-refractivity contribution in [2.45, 2.75) is 85.1 Å². The summed E-state index contributed by atoms with van der Waals surface area (Å²) in [4.78, 5) is 77.7. The van der Waals surface area contributed by atoms with Crippen LogP contribution in [0.4, 0.5) is 9.93 Å². The number of ketones is 2. The maximum Gasteiger partial charge on any atom is 0.436 e. The minimum Gasteiger partial charge on any atom is -0.442 e. The predicted molar refractivity (Wildman–Crippen MR) is 141 cm³/mol. The van der Waals surface area contributed by atoms with E-state index in [-0.39, 0.29) is 17.1 Å². The van der Waals surface area contributed by atoms with Gasteiger partial charge in [-0.3, -0.25) is 24.2 Å². The van der Waals surface area contributed by atoms with Crippen LogP contribution in [0.2, 0.25) is 0 Å². The number of dihydropyridines is 1. The number of amides is 2. The Hall–Kier alpha value is -3.47. The van der Waals surface area contributed by atoms with Crippen molar-refractivity contribution in [3.63, 3.8) is 0 Å². The van der Waals surface area contributed by atoms with Crippen molar-refractivity contribution in [2.24, 2.45) is 10.9 Å². The van der Waals surface area contributed by atoms with E-state index >= 15 is 0 Å². The second-order valence-corrected chi connectivity index (χ2v) is 12.0. The number of aryl methyl sites for hydroxylation is 1. The number of thiazole rings is 1. The quantitative estimate of drug-likeness (QED) is 0.255. The van der Waals surface area contributed by atoms with Crippen molar-refractivity contribution in [3.8, 4) is 0 Å². The van der Waals surface area contributed by atoms with Crippen molar-refractivity contribution >= 4 is 52.2 Å². The zero-order valence-corrected chi connectivity index (χ0v) is 23.4. The molecular weight excluding hydrogens is 512 g/mol. The van der Waals surface area contributed by atoms with Gasteiger partial charge in [0.05, 0.1) is 27.7 Å². The lowest BCUT2D eigenvalue weighted by atomic mass is 9.89. The van der Waals surface area contributed by atoms with Gasteiger partial charge in [-0.1, -0.05) is 11.3 Å². The van der Waals surface area contributed by atoms with Crippen LogP contribution in [0.1, 0.15) is 76.7 Å². The first-order chi connectivity index (χ1) is 17.6. The number of nitrogens with zero attached hydrogens (tertiary/aromatic N) is 3. The van der Waals surface area contributed by atoms with Gasteiger partial charge in [-0.15, -0.1) is 0 Å². The zero-order valence-electron chi connectivity index (χ0n) is 22.5. The number of aromatic nitrogens is 1. The van der Waals surface area contributed by atoms with Crippen molar-refractivity contribution in [1.82, 2.24) is 10.0 Å². The number of hydrogen-bond donors (Lipinski definition) is 1. The first-order valence-corrected chi connectivity index (χ1v) is 13.0. The van der Waals surface area contributed by atoms with E-state index in [1.54, 1.807) is 47.5 Å². The largest absolute Gasteiger partial charge is 0.442 e. The Morgan fingerprint density at radius 2 is 1.84 bits per heavy atom. The van der Waals surface area contributed by atoms with E-state index in [1.807, 2.05) is 0 Å². The molecule has 0 saturated heterocycles. The normalized spacial score (nSPS) is 19.6. The summed E-state index contributed by atoms with van der Waals surface area (Å²) in [6, 6.07) is 0. The molecule has 204 valence electrons. The number of hydroxylamine groups is 2. The highest BCUT2D eigenvalue weighted by atomic mass is 32.1. The molecule has 0 aromatic carbocycles. The van der Waals surface area contributed by atoms with E-state index in [0.717, 1.165) is 16.4 Å². The highest BCUT2D eigenvalue weighted by Gasteiger charge is 2.39. The molecule has 2 amide bonds. The molecule has 1 aliphatic heterocycles. The lowest BCUT2D eigenvalue weighted by Crippen LogP contribution is -2.48. The molecule has 0 fully saturated rings. The molecule has 2 heterocycles.